The van der Waals surface area contributed by atoms with E-state index in [0.29, 0.717) is 24.2 Å². The molecule has 1 unspecified atom stereocenters. The van der Waals surface area contributed by atoms with Crippen LogP contribution in [0.15, 0.2) is 12.1 Å². The molecule has 21 heavy (non-hydrogen) atoms. The molecular weight excluding hydrogens is 273 g/mol. The molecule has 1 heterocycles. The Morgan fingerprint density at radius 1 is 1.48 bits per heavy atom. The lowest BCUT2D eigenvalue weighted by Gasteiger charge is -2.25. The van der Waals surface area contributed by atoms with Gasteiger partial charge in [-0.3, -0.25) is 9.59 Å². The molecular formula is C15H20FN3O2. The number of primary amides is 1. The molecule has 0 radical (unpaired) electrons. The molecule has 6 heteroatoms. The predicted octanol–water partition coefficient (Wildman–Crippen LogP) is 1.56. The first kappa shape index (κ1) is 15.4. The smallest absolute Gasteiger partial charge is 0.248 e. The van der Waals surface area contributed by atoms with E-state index in [4.69, 9.17) is 5.73 Å². The van der Waals surface area contributed by atoms with Crippen molar-refractivity contribution >= 4 is 17.5 Å². The molecule has 0 spiro atoms. The molecule has 0 aromatic heterocycles. The summed E-state index contributed by atoms with van der Waals surface area (Å²) in [5.74, 6) is -1.44. The number of benzene rings is 1. The van der Waals surface area contributed by atoms with Crippen LogP contribution in [-0.2, 0) is 4.79 Å². The molecule has 1 aliphatic rings. The molecule has 1 aromatic rings. The summed E-state index contributed by atoms with van der Waals surface area (Å²) >= 11 is 0. The molecule has 0 saturated carbocycles. The van der Waals surface area contributed by atoms with E-state index in [-0.39, 0.29) is 11.5 Å². The quantitative estimate of drug-likeness (QED) is 0.787. The summed E-state index contributed by atoms with van der Waals surface area (Å²) in [4.78, 5) is 23.7. The Labute approximate surface area is 123 Å². The third-order valence-corrected chi connectivity index (χ3v) is 4.28. The minimum atomic E-state index is -0.725. The van der Waals surface area contributed by atoms with Crippen molar-refractivity contribution in [2.45, 2.75) is 26.7 Å². The molecule has 2 amide bonds. The van der Waals surface area contributed by atoms with Gasteiger partial charge in [0.25, 0.3) is 0 Å². The number of carbonyl (C=O) groups excluding carboxylic acids is 2. The number of rotatable bonds is 4. The Kier molecular flexibility index (Phi) is 4.27. The van der Waals surface area contributed by atoms with Gasteiger partial charge in [0.05, 0.1) is 5.41 Å². The fourth-order valence-electron chi connectivity index (χ4n) is 2.61. The first-order chi connectivity index (χ1) is 9.89. The minimum absolute atomic E-state index is 0.0449. The van der Waals surface area contributed by atoms with Crippen LogP contribution >= 0.6 is 0 Å². The van der Waals surface area contributed by atoms with Crippen LogP contribution < -0.4 is 16.4 Å². The third-order valence-electron chi connectivity index (χ3n) is 4.28. The number of anilines is 1. The van der Waals surface area contributed by atoms with Gasteiger partial charge in [0.1, 0.15) is 5.82 Å². The maximum absolute atomic E-state index is 13.8. The Bertz CT molecular complexity index is 581. The average molecular weight is 293 g/mol. The van der Waals surface area contributed by atoms with Crippen molar-refractivity contribution in [2.24, 2.45) is 11.1 Å². The summed E-state index contributed by atoms with van der Waals surface area (Å²) < 4.78 is 13.8. The molecule has 114 valence electrons. The standard InChI is InChI=1S/C15H20FN3O2/c1-3-15(4-5-18-8-15)14(21)19-12-7-10(13(17)20)6-11(16)9(12)2/h6-7,18H,3-5,8H2,1-2H3,(H2,17,20)(H,19,21). The van der Waals surface area contributed by atoms with Crippen molar-refractivity contribution in [1.82, 2.24) is 5.32 Å². The number of amides is 2. The predicted molar refractivity (Wildman–Crippen MR) is 78.5 cm³/mol. The minimum Gasteiger partial charge on any atom is -0.366 e. The number of nitrogens with one attached hydrogen (secondary N) is 2. The lowest BCUT2D eigenvalue weighted by Crippen LogP contribution is -2.37. The van der Waals surface area contributed by atoms with Gasteiger partial charge in [-0.25, -0.2) is 4.39 Å². The molecule has 1 fully saturated rings. The highest BCUT2D eigenvalue weighted by atomic mass is 19.1. The largest absolute Gasteiger partial charge is 0.366 e. The monoisotopic (exact) mass is 293 g/mol. The van der Waals surface area contributed by atoms with E-state index in [0.717, 1.165) is 19.0 Å². The van der Waals surface area contributed by atoms with Gasteiger partial charge >= 0.3 is 0 Å². The number of nitrogens with two attached hydrogens (primary N) is 1. The van der Waals surface area contributed by atoms with E-state index in [1.165, 1.54) is 6.07 Å². The first-order valence-electron chi connectivity index (χ1n) is 7.02. The van der Waals surface area contributed by atoms with E-state index in [2.05, 4.69) is 10.6 Å². The van der Waals surface area contributed by atoms with Crippen molar-refractivity contribution in [2.75, 3.05) is 18.4 Å². The van der Waals surface area contributed by atoms with Gasteiger partial charge in [0.15, 0.2) is 0 Å². The average Bonchev–Trinajstić information content (AvgIpc) is 2.93. The van der Waals surface area contributed by atoms with Crippen LogP contribution in [0.25, 0.3) is 0 Å². The molecule has 5 nitrogen and oxygen atoms in total. The summed E-state index contributed by atoms with van der Waals surface area (Å²) in [5.41, 5.74) is 5.34. The molecule has 2 rings (SSSR count). The van der Waals surface area contributed by atoms with Crippen LogP contribution in [0.4, 0.5) is 10.1 Å². The van der Waals surface area contributed by atoms with Gasteiger partial charge in [0, 0.05) is 23.4 Å². The van der Waals surface area contributed by atoms with Crippen molar-refractivity contribution in [3.05, 3.63) is 29.1 Å². The SMILES string of the molecule is CCC1(C(=O)Nc2cc(C(N)=O)cc(F)c2C)CCNC1. The molecule has 0 bridgehead atoms. The summed E-state index contributed by atoms with van der Waals surface area (Å²) in [7, 11) is 0. The van der Waals surface area contributed by atoms with E-state index in [9.17, 15) is 14.0 Å². The highest BCUT2D eigenvalue weighted by molar-refractivity contribution is 5.99. The maximum Gasteiger partial charge on any atom is 0.248 e. The summed E-state index contributed by atoms with van der Waals surface area (Å²) in [6.45, 7) is 4.91. The van der Waals surface area contributed by atoms with Crippen LogP contribution in [0.3, 0.4) is 0 Å². The van der Waals surface area contributed by atoms with Crippen LogP contribution in [0, 0.1) is 18.2 Å². The first-order valence-corrected chi connectivity index (χ1v) is 7.02. The second-order valence-corrected chi connectivity index (χ2v) is 5.51. The van der Waals surface area contributed by atoms with Crippen LogP contribution in [0.1, 0.15) is 35.7 Å². The molecule has 1 saturated heterocycles. The number of hydrogen-bond acceptors (Lipinski definition) is 3. The summed E-state index contributed by atoms with van der Waals surface area (Å²) in [5, 5.41) is 5.93. The van der Waals surface area contributed by atoms with Crippen molar-refractivity contribution in [1.29, 1.82) is 0 Å². The van der Waals surface area contributed by atoms with Gasteiger partial charge in [-0.1, -0.05) is 6.92 Å². The number of halogens is 1. The van der Waals surface area contributed by atoms with E-state index in [1.54, 1.807) is 6.92 Å². The van der Waals surface area contributed by atoms with Gasteiger partial charge in [-0.05, 0) is 38.4 Å². The zero-order valence-corrected chi connectivity index (χ0v) is 12.3. The third kappa shape index (κ3) is 2.90. The fourth-order valence-corrected chi connectivity index (χ4v) is 2.61. The lowest BCUT2D eigenvalue weighted by molar-refractivity contribution is -0.124. The number of carbonyl (C=O) groups is 2. The fraction of sp³-hybridized carbons (Fsp3) is 0.467. The number of hydrogen-bond donors (Lipinski definition) is 3. The Morgan fingerprint density at radius 3 is 2.71 bits per heavy atom. The molecule has 1 atom stereocenters. The lowest BCUT2D eigenvalue weighted by atomic mass is 9.83. The second-order valence-electron chi connectivity index (χ2n) is 5.51. The Hall–Kier alpha value is -1.95. The highest BCUT2D eigenvalue weighted by Crippen LogP contribution is 2.32. The summed E-state index contributed by atoms with van der Waals surface area (Å²) in [6, 6.07) is 2.50. The molecule has 0 aliphatic carbocycles. The van der Waals surface area contributed by atoms with Gasteiger partial charge in [0.2, 0.25) is 11.8 Å². The summed E-state index contributed by atoms with van der Waals surface area (Å²) in [6.07, 6.45) is 1.44. The normalized spacial score (nSPS) is 21.3. The Morgan fingerprint density at radius 2 is 2.19 bits per heavy atom. The Balaban J connectivity index is 2.30. The van der Waals surface area contributed by atoms with Crippen molar-refractivity contribution in [3.63, 3.8) is 0 Å². The van der Waals surface area contributed by atoms with Crippen LogP contribution in [0.5, 0.6) is 0 Å². The van der Waals surface area contributed by atoms with Crippen molar-refractivity contribution < 1.29 is 14.0 Å². The van der Waals surface area contributed by atoms with Crippen LogP contribution in [0.2, 0.25) is 0 Å². The zero-order valence-electron chi connectivity index (χ0n) is 12.3. The highest BCUT2D eigenvalue weighted by Gasteiger charge is 2.39. The van der Waals surface area contributed by atoms with Gasteiger partial charge < -0.3 is 16.4 Å². The molecule has 4 N–H and O–H groups in total. The van der Waals surface area contributed by atoms with E-state index < -0.39 is 17.1 Å². The van der Waals surface area contributed by atoms with Crippen LogP contribution in [-0.4, -0.2) is 24.9 Å². The van der Waals surface area contributed by atoms with Gasteiger partial charge in [-0.15, -0.1) is 0 Å². The molecule has 1 aromatic carbocycles. The maximum atomic E-state index is 13.8. The van der Waals surface area contributed by atoms with Gasteiger partial charge in [-0.2, -0.15) is 0 Å². The topological polar surface area (TPSA) is 84.2 Å². The molecule has 1 aliphatic heterocycles. The van der Waals surface area contributed by atoms with Crippen molar-refractivity contribution in [3.8, 4) is 0 Å². The van der Waals surface area contributed by atoms with E-state index >= 15 is 0 Å². The van der Waals surface area contributed by atoms with E-state index in [1.807, 2.05) is 6.92 Å². The second kappa shape index (κ2) is 5.81. The zero-order chi connectivity index (χ0) is 15.6.